The molecular formula is C16H20BrNO3. The average Bonchev–Trinajstić information content (AvgIpc) is 2.40. The first-order valence-electron chi connectivity index (χ1n) is 7.15. The molecule has 1 aromatic carbocycles. The van der Waals surface area contributed by atoms with E-state index in [2.05, 4.69) is 35.1 Å². The molecule has 0 aromatic heterocycles. The minimum absolute atomic E-state index is 0.00662. The van der Waals surface area contributed by atoms with Crippen molar-refractivity contribution < 1.29 is 14.7 Å². The van der Waals surface area contributed by atoms with Crippen LogP contribution < -0.4 is 5.32 Å². The number of nitrogens with one attached hydrogen (secondary N) is 1. The molecule has 1 aliphatic carbocycles. The summed E-state index contributed by atoms with van der Waals surface area (Å²) in [4.78, 5) is 23.6. The van der Waals surface area contributed by atoms with Gasteiger partial charge in [0.05, 0.1) is 5.56 Å². The maximum Gasteiger partial charge on any atom is 0.336 e. The number of amides is 1. The highest BCUT2D eigenvalue weighted by Crippen LogP contribution is 2.41. The SMILES string of the molecule is CC1(C)CCCCC1C(=O)Nc1ccc(Br)c(C(=O)O)c1. The summed E-state index contributed by atoms with van der Waals surface area (Å²) in [6.07, 6.45) is 4.17. The topological polar surface area (TPSA) is 66.4 Å². The quantitative estimate of drug-likeness (QED) is 0.850. The zero-order valence-corrected chi connectivity index (χ0v) is 13.9. The Labute approximate surface area is 133 Å². The van der Waals surface area contributed by atoms with Gasteiger partial charge in [-0.05, 0) is 52.4 Å². The number of anilines is 1. The fourth-order valence-corrected chi connectivity index (χ4v) is 3.39. The van der Waals surface area contributed by atoms with Crippen LogP contribution in [0.4, 0.5) is 5.69 Å². The van der Waals surface area contributed by atoms with E-state index in [-0.39, 0.29) is 22.8 Å². The average molecular weight is 354 g/mol. The van der Waals surface area contributed by atoms with Crippen LogP contribution >= 0.6 is 15.9 Å². The van der Waals surface area contributed by atoms with Crippen LogP contribution in [0.25, 0.3) is 0 Å². The van der Waals surface area contributed by atoms with E-state index in [0.29, 0.717) is 10.2 Å². The predicted molar refractivity (Wildman–Crippen MR) is 85.5 cm³/mol. The van der Waals surface area contributed by atoms with E-state index >= 15 is 0 Å². The smallest absolute Gasteiger partial charge is 0.336 e. The summed E-state index contributed by atoms with van der Waals surface area (Å²) < 4.78 is 0.506. The normalized spacial score (nSPS) is 20.8. The van der Waals surface area contributed by atoms with Crippen molar-refractivity contribution in [3.8, 4) is 0 Å². The summed E-state index contributed by atoms with van der Waals surface area (Å²) in [5.74, 6) is -1.06. The second-order valence-corrected chi connectivity index (χ2v) is 7.13. The highest BCUT2D eigenvalue weighted by molar-refractivity contribution is 9.10. The van der Waals surface area contributed by atoms with Crippen molar-refractivity contribution in [3.05, 3.63) is 28.2 Å². The molecule has 0 bridgehead atoms. The van der Waals surface area contributed by atoms with Crippen LogP contribution in [0.3, 0.4) is 0 Å². The lowest BCUT2D eigenvalue weighted by Gasteiger charge is -2.37. The Balaban J connectivity index is 2.16. The molecule has 114 valence electrons. The Morgan fingerprint density at radius 1 is 1.33 bits per heavy atom. The van der Waals surface area contributed by atoms with Crippen LogP contribution in [0.5, 0.6) is 0 Å². The van der Waals surface area contributed by atoms with E-state index in [9.17, 15) is 9.59 Å². The van der Waals surface area contributed by atoms with Gasteiger partial charge in [-0.2, -0.15) is 0 Å². The highest BCUT2D eigenvalue weighted by Gasteiger charge is 2.37. The first kappa shape index (κ1) is 16.0. The third kappa shape index (κ3) is 3.64. The van der Waals surface area contributed by atoms with E-state index in [1.54, 1.807) is 12.1 Å². The van der Waals surface area contributed by atoms with Crippen molar-refractivity contribution in [1.82, 2.24) is 0 Å². The number of carbonyl (C=O) groups is 2. The third-order valence-corrected chi connectivity index (χ3v) is 4.98. The molecule has 1 saturated carbocycles. The van der Waals surface area contributed by atoms with Crippen molar-refractivity contribution >= 4 is 33.5 Å². The standard InChI is InChI=1S/C16H20BrNO3/c1-16(2)8-4-3-5-12(16)14(19)18-10-6-7-13(17)11(9-10)15(20)21/h6-7,9,12H,3-5,8H2,1-2H3,(H,18,19)(H,20,21). The van der Waals surface area contributed by atoms with Gasteiger partial charge in [0.15, 0.2) is 0 Å². The zero-order chi connectivity index (χ0) is 15.6. The van der Waals surface area contributed by atoms with E-state index < -0.39 is 5.97 Å². The molecule has 0 radical (unpaired) electrons. The maximum atomic E-state index is 12.5. The largest absolute Gasteiger partial charge is 0.478 e. The molecule has 0 spiro atoms. The summed E-state index contributed by atoms with van der Waals surface area (Å²) in [7, 11) is 0. The van der Waals surface area contributed by atoms with Gasteiger partial charge < -0.3 is 10.4 Å². The number of hydrogen-bond acceptors (Lipinski definition) is 2. The van der Waals surface area contributed by atoms with Crippen LogP contribution in [0.2, 0.25) is 0 Å². The Morgan fingerprint density at radius 3 is 2.67 bits per heavy atom. The Bertz CT molecular complexity index is 569. The van der Waals surface area contributed by atoms with Crippen LogP contribution in [0, 0.1) is 11.3 Å². The molecule has 0 saturated heterocycles. The van der Waals surface area contributed by atoms with Crippen molar-refractivity contribution in [2.45, 2.75) is 39.5 Å². The summed E-state index contributed by atoms with van der Waals surface area (Å²) in [5, 5.41) is 12.0. The third-order valence-electron chi connectivity index (χ3n) is 4.29. The number of carboxylic acid groups (broad SMARTS) is 1. The molecule has 1 amide bonds. The fraction of sp³-hybridized carbons (Fsp3) is 0.500. The van der Waals surface area contributed by atoms with Crippen molar-refractivity contribution in [1.29, 1.82) is 0 Å². The summed E-state index contributed by atoms with van der Waals surface area (Å²) in [6.45, 7) is 4.25. The van der Waals surface area contributed by atoms with Gasteiger partial charge >= 0.3 is 5.97 Å². The Hall–Kier alpha value is -1.36. The lowest BCUT2D eigenvalue weighted by Crippen LogP contribution is -2.37. The van der Waals surface area contributed by atoms with Gasteiger partial charge in [-0.3, -0.25) is 4.79 Å². The van der Waals surface area contributed by atoms with Crippen LogP contribution in [-0.4, -0.2) is 17.0 Å². The number of hydrogen-bond donors (Lipinski definition) is 2. The van der Waals surface area contributed by atoms with Gasteiger partial charge in [0.25, 0.3) is 0 Å². The van der Waals surface area contributed by atoms with Gasteiger partial charge in [0.2, 0.25) is 5.91 Å². The van der Waals surface area contributed by atoms with Gasteiger partial charge in [0.1, 0.15) is 0 Å². The predicted octanol–water partition coefficient (Wildman–Crippen LogP) is 4.30. The lowest BCUT2D eigenvalue weighted by atomic mass is 9.68. The van der Waals surface area contributed by atoms with Gasteiger partial charge in [-0.1, -0.05) is 26.7 Å². The molecule has 0 aliphatic heterocycles. The van der Waals surface area contributed by atoms with E-state index in [1.807, 2.05) is 0 Å². The minimum atomic E-state index is -1.02. The summed E-state index contributed by atoms with van der Waals surface area (Å²) in [5.41, 5.74) is 0.672. The molecule has 2 rings (SSSR count). The summed E-state index contributed by atoms with van der Waals surface area (Å²) >= 11 is 3.20. The van der Waals surface area contributed by atoms with Crippen LogP contribution in [0.15, 0.2) is 22.7 Å². The second kappa shape index (κ2) is 6.18. The molecule has 4 nitrogen and oxygen atoms in total. The first-order chi connectivity index (χ1) is 9.81. The lowest BCUT2D eigenvalue weighted by molar-refractivity contribution is -0.124. The first-order valence-corrected chi connectivity index (χ1v) is 7.94. The number of aromatic carboxylic acids is 1. The molecule has 21 heavy (non-hydrogen) atoms. The van der Waals surface area contributed by atoms with E-state index in [1.165, 1.54) is 6.07 Å². The van der Waals surface area contributed by atoms with Crippen molar-refractivity contribution in [3.63, 3.8) is 0 Å². The fourth-order valence-electron chi connectivity index (χ4n) is 2.98. The van der Waals surface area contributed by atoms with Gasteiger partial charge in [-0.15, -0.1) is 0 Å². The molecule has 1 aromatic rings. The number of rotatable bonds is 3. The van der Waals surface area contributed by atoms with Crippen LogP contribution in [0.1, 0.15) is 49.9 Å². The molecule has 1 atom stereocenters. The molecule has 2 N–H and O–H groups in total. The van der Waals surface area contributed by atoms with E-state index in [0.717, 1.165) is 25.7 Å². The maximum absolute atomic E-state index is 12.5. The number of halogens is 1. The molecular weight excluding hydrogens is 334 g/mol. The monoisotopic (exact) mass is 353 g/mol. The summed E-state index contributed by atoms with van der Waals surface area (Å²) in [6, 6.07) is 4.84. The number of benzene rings is 1. The van der Waals surface area contributed by atoms with Gasteiger partial charge in [-0.25, -0.2) is 4.79 Å². The van der Waals surface area contributed by atoms with Crippen molar-refractivity contribution in [2.75, 3.05) is 5.32 Å². The zero-order valence-electron chi connectivity index (χ0n) is 12.3. The Morgan fingerprint density at radius 2 is 2.05 bits per heavy atom. The highest BCUT2D eigenvalue weighted by atomic mass is 79.9. The molecule has 0 heterocycles. The van der Waals surface area contributed by atoms with E-state index in [4.69, 9.17) is 5.11 Å². The molecule has 1 unspecified atom stereocenters. The minimum Gasteiger partial charge on any atom is -0.478 e. The molecule has 1 aliphatic rings. The van der Waals surface area contributed by atoms with Crippen molar-refractivity contribution in [2.24, 2.45) is 11.3 Å². The van der Waals surface area contributed by atoms with Gasteiger partial charge in [0, 0.05) is 16.1 Å². The second-order valence-electron chi connectivity index (χ2n) is 6.28. The Kier molecular flexibility index (Phi) is 4.71. The van der Waals surface area contributed by atoms with Crippen LogP contribution in [-0.2, 0) is 4.79 Å². The molecule has 5 heteroatoms. The number of carbonyl (C=O) groups excluding carboxylic acids is 1. The molecule has 1 fully saturated rings. The number of carboxylic acids is 1.